The lowest BCUT2D eigenvalue weighted by Crippen LogP contribution is -2.26. The molecule has 2 amide bonds. The van der Waals surface area contributed by atoms with Crippen LogP contribution < -0.4 is 10.6 Å². The molecule has 0 aliphatic heterocycles. The maximum absolute atomic E-state index is 13.3. The van der Waals surface area contributed by atoms with Crippen LogP contribution in [0.4, 0.5) is 18.2 Å². The molecule has 192 valence electrons. The smallest absolute Gasteiger partial charge is 0.416 e. The largest absolute Gasteiger partial charge is 0.504 e. The van der Waals surface area contributed by atoms with E-state index in [4.69, 9.17) is 23.2 Å². The molecule has 3 aromatic heterocycles. The summed E-state index contributed by atoms with van der Waals surface area (Å²) in [4.78, 5) is 33.9. The molecule has 3 heterocycles. The lowest BCUT2D eigenvalue weighted by atomic mass is 10.1. The van der Waals surface area contributed by atoms with Gasteiger partial charge in [0.25, 0.3) is 11.8 Å². The molecule has 0 unspecified atom stereocenters. The number of pyridine rings is 1. The Labute approximate surface area is 220 Å². The van der Waals surface area contributed by atoms with Gasteiger partial charge in [0, 0.05) is 25.4 Å². The minimum Gasteiger partial charge on any atom is -0.504 e. The molecule has 4 aromatic rings. The van der Waals surface area contributed by atoms with Crippen molar-refractivity contribution in [2.24, 2.45) is 7.05 Å². The molecular formula is C22H15Cl2F3N6O3S. The summed E-state index contributed by atoms with van der Waals surface area (Å²) in [7, 11) is 1.68. The minimum absolute atomic E-state index is 0.00687. The molecule has 0 radical (unpaired) electrons. The first-order valence-electron chi connectivity index (χ1n) is 10.2. The predicted octanol–water partition coefficient (Wildman–Crippen LogP) is 5.15. The summed E-state index contributed by atoms with van der Waals surface area (Å²) in [6.07, 6.45) is -1.48. The average molecular weight is 571 g/mol. The number of amides is 2. The van der Waals surface area contributed by atoms with Crippen LogP contribution >= 0.6 is 34.5 Å². The molecule has 1 aromatic carbocycles. The second-order valence-electron chi connectivity index (χ2n) is 7.52. The summed E-state index contributed by atoms with van der Waals surface area (Å²) < 4.78 is 41.5. The normalized spacial score (nSPS) is 11.4. The summed E-state index contributed by atoms with van der Waals surface area (Å²) in [5.41, 5.74) is -0.981. The predicted molar refractivity (Wildman–Crippen MR) is 131 cm³/mol. The first kappa shape index (κ1) is 26.4. The number of aryl methyl sites for hydroxylation is 1. The third-order valence-electron chi connectivity index (χ3n) is 4.92. The van der Waals surface area contributed by atoms with Gasteiger partial charge in [-0.05, 0) is 17.7 Å². The molecule has 37 heavy (non-hydrogen) atoms. The molecule has 9 nitrogen and oxygen atoms in total. The van der Waals surface area contributed by atoms with Gasteiger partial charge in [-0.25, -0.2) is 9.97 Å². The molecule has 0 aliphatic carbocycles. The van der Waals surface area contributed by atoms with Gasteiger partial charge in [-0.1, -0.05) is 52.7 Å². The molecule has 0 aliphatic rings. The van der Waals surface area contributed by atoms with Crippen LogP contribution in [0.3, 0.4) is 0 Å². The molecule has 15 heteroatoms. The Morgan fingerprint density at radius 3 is 2.54 bits per heavy atom. The van der Waals surface area contributed by atoms with E-state index in [1.165, 1.54) is 29.1 Å². The van der Waals surface area contributed by atoms with E-state index >= 15 is 0 Å². The van der Waals surface area contributed by atoms with Crippen LogP contribution in [-0.4, -0.2) is 36.7 Å². The number of thiazole rings is 1. The summed E-state index contributed by atoms with van der Waals surface area (Å²) >= 11 is 12.6. The lowest BCUT2D eigenvalue weighted by molar-refractivity contribution is -0.138. The number of halogens is 5. The fourth-order valence-electron chi connectivity index (χ4n) is 3.19. The molecule has 3 N–H and O–H groups in total. The third-order valence-corrected chi connectivity index (χ3v) is 6.49. The van der Waals surface area contributed by atoms with Crippen molar-refractivity contribution in [3.8, 4) is 16.3 Å². The first-order chi connectivity index (χ1) is 17.4. The maximum atomic E-state index is 13.3. The zero-order chi connectivity index (χ0) is 26.9. The van der Waals surface area contributed by atoms with Crippen molar-refractivity contribution in [2.75, 3.05) is 5.32 Å². The van der Waals surface area contributed by atoms with Crippen LogP contribution in [0.1, 0.15) is 32.1 Å². The highest BCUT2D eigenvalue weighted by molar-refractivity contribution is 7.19. The molecule has 0 spiro atoms. The van der Waals surface area contributed by atoms with Crippen molar-refractivity contribution in [3.63, 3.8) is 0 Å². The maximum Gasteiger partial charge on any atom is 0.416 e. The average Bonchev–Trinajstić information content (AvgIpc) is 3.46. The number of anilines is 1. The van der Waals surface area contributed by atoms with Crippen molar-refractivity contribution < 1.29 is 27.9 Å². The van der Waals surface area contributed by atoms with Gasteiger partial charge in [0.15, 0.2) is 16.6 Å². The van der Waals surface area contributed by atoms with E-state index in [0.29, 0.717) is 10.6 Å². The van der Waals surface area contributed by atoms with Crippen molar-refractivity contribution in [1.82, 2.24) is 25.1 Å². The monoisotopic (exact) mass is 570 g/mol. The van der Waals surface area contributed by atoms with Crippen LogP contribution in [0.25, 0.3) is 10.6 Å². The minimum atomic E-state index is -4.60. The van der Waals surface area contributed by atoms with Crippen molar-refractivity contribution in [3.05, 3.63) is 75.4 Å². The summed E-state index contributed by atoms with van der Waals surface area (Å²) in [5.74, 6) is -2.15. The van der Waals surface area contributed by atoms with E-state index in [1.54, 1.807) is 13.2 Å². The van der Waals surface area contributed by atoms with Gasteiger partial charge in [0.1, 0.15) is 15.7 Å². The number of carbonyl (C=O) groups excluding carboxylic acids is 2. The van der Waals surface area contributed by atoms with E-state index in [9.17, 15) is 27.9 Å². The van der Waals surface area contributed by atoms with Crippen molar-refractivity contribution in [1.29, 1.82) is 0 Å². The van der Waals surface area contributed by atoms with Gasteiger partial charge >= 0.3 is 6.18 Å². The van der Waals surface area contributed by atoms with E-state index < -0.39 is 41.0 Å². The number of aromatic hydroxyl groups is 1. The zero-order valence-corrected chi connectivity index (χ0v) is 20.9. The first-order valence-corrected chi connectivity index (χ1v) is 11.8. The molecule has 0 saturated carbocycles. The highest BCUT2D eigenvalue weighted by Gasteiger charge is 2.33. The van der Waals surface area contributed by atoms with Gasteiger partial charge in [0.05, 0.1) is 16.8 Å². The van der Waals surface area contributed by atoms with Gasteiger partial charge in [0.2, 0.25) is 0 Å². The van der Waals surface area contributed by atoms with Crippen molar-refractivity contribution >= 4 is 51.4 Å². The van der Waals surface area contributed by atoms with Crippen LogP contribution in [-0.2, 0) is 19.8 Å². The van der Waals surface area contributed by atoms with Gasteiger partial charge in [-0.3, -0.25) is 14.3 Å². The number of nitrogens with zero attached hydrogens (tertiary/aromatic N) is 4. The number of hydrogen-bond donors (Lipinski definition) is 3. The Bertz CT molecular complexity index is 1480. The lowest BCUT2D eigenvalue weighted by Gasteiger charge is -2.13. The van der Waals surface area contributed by atoms with E-state index in [2.05, 4.69) is 25.7 Å². The van der Waals surface area contributed by atoms with E-state index in [1.807, 2.05) is 0 Å². The Balaban J connectivity index is 1.64. The Morgan fingerprint density at radius 2 is 1.89 bits per heavy atom. The fourth-order valence-corrected chi connectivity index (χ4v) is 4.55. The molecular weight excluding hydrogens is 556 g/mol. The van der Waals surface area contributed by atoms with Crippen molar-refractivity contribution in [2.45, 2.75) is 12.7 Å². The molecule has 4 rings (SSSR count). The fraction of sp³-hybridized carbons (Fsp3) is 0.136. The molecule has 0 atom stereocenters. The zero-order valence-electron chi connectivity index (χ0n) is 18.6. The summed E-state index contributed by atoms with van der Waals surface area (Å²) in [5, 5.41) is 18.3. The topological polar surface area (TPSA) is 122 Å². The van der Waals surface area contributed by atoms with Crippen LogP contribution in [0.5, 0.6) is 5.75 Å². The number of hydrogen-bond acceptors (Lipinski definition) is 7. The number of aromatic nitrogens is 4. The number of alkyl halides is 3. The Kier molecular flexibility index (Phi) is 7.39. The van der Waals surface area contributed by atoms with Crippen LogP contribution in [0.2, 0.25) is 10.2 Å². The molecule has 0 saturated heterocycles. The van der Waals surface area contributed by atoms with E-state index in [-0.39, 0.29) is 27.0 Å². The molecule has 0 fully saturated rings. The Hall–Kier alpha value is -3.68. The second-order valence-corrected chi connectivity index (χ2v) is 9.28. The standard InChI is InChI=1S/C22H15Cl2F3N6O3S/c1-33-9-11(8-29-33)20-31-15(19(36)28-7-10-4-2-3-5-12(10)22(25,26)27)21(37-20)32-18(35)14-6-13(23)16(34)17(24)30-14/h2-6,8-9,34H,7H2,1H3,(H,28,36)(H,32,35). The van der Waals surface area contributed by atoms with Crippen LogP contribution in [0.15, 0.2) is 42.7 Å². The quantitative estimate of drug-likeness (QED) is 0.275. The summed E-state index contributed by atoms with van der Waals surface area (Å²) in [6, 6.07) is 5.91. The third kappa shape index (κ3) is 5.84. The van der Waals surface area contributed by atoms with E-state index in [0.717, 1.165) is 23.5 Å². The number of carbonyl (C=O) groups is 2. The van der Waals surface area contributed by atoms with Crippen LogP contribution in [0, 0.1) is 0 Å². The number of benzene rings is 1. The number of nitrogens with one attached hydrogen (secondary N) is 2. The number of rotatable bonds is 6. The SMILES string of the molecule is Cn1cc(-c2nc(C(=O)NCc3ccccc3C(F)(F)F)c(NC(=O)c3cc(Cl)c(O)c(Cl)n3)s2)cn1. The second kappa shape index (κ2) is 10.4. The van der Waals surface area contributed by atoms with Gasteiger partial charge in [-0.15, -0.1) is 0 Å². The van der Waals surface area contributed by atoms with Gasteiger partial charge < -0.3 is 15.7 Å². The van der Waals surface area contributed by atoms with Gasteiger partial charge in [-0.2, -0.15) is 18.3 Å². The summed E-state index contributed by atoms with van der Waals surface area (Å²) in [6.45, 7) is -0.438. The Morgan fingerprint density at radius 1 is 1.16 bits per heavy atom. The highest BCUT2D eigenvalue weighted by atomic mass is 35.5. The molecule has 0 bridgehead atoms. The highest BCUT2D eigenvalue weighted by Crippen LogP contribution is 2.35.